The molecule has 1 heteroatoms. The monoisotopic (exact) mass is 221 g/mol. The number of nitrogens with zero attached hydrogens (tertiary/aromatic N) is 1. The molecule has 0 aliphatic carbocycles. The van der Waals surface area contributed by atoms with Gasteiger partial charge in [0.2, 0.25) is 0 Å². The summed E-state index contributed by atoms with van der Waals surface area (Å²) in [4.78, 5) is 4.71. The average molecular weight is 221 g/mol. The fourth-order valence-corrected chi connectivity index (χ4v) is 1.33. The summed E-state index contributed by atoms with van der Waals surface area (Å²) in [5, 5.41) is 0. The number of rotatable bonds is 2. The second kappa shape index (κ2) is 4.99. The first-order valence-corrected chi connectivity index (χ1v) is 5.89. The standard InChI is InChI=1S/C15H27N/c1-10-13(15(7,8)9)16-12(3)11(2)14(4,5)6/h10H,1H2,2-9H3/b12-11+,16-13?. The molecule has 0 aromatic carbocycles. The molecule has 0 saturated heterocycles. The Kier molecular flexibility index (Phi) is 4.72. The third-order valence-electron chi connectivity index (χ3n) is 2.92. The second-order valence-electron chi connectivity index (χ2n) is 6.41. The fourth-order valence-electron chi connectivity index (χ4n) is 1.33. The van der Waals surface area contributed by atoms with Gasteiger partial charge in [-0.1, -0.05) is 48.1 Å². The van der Waals surface area contributed by atoms with Gasteiger partial charge in [0.05, 0.1) is 0 Å². The highest BCUT2D eigenvalue weighted by Crippen LogP contribution is 2.29. The smallest absolute Gasteiger partial charge is 0.0454 e. The molecular weight excluding hydrogens is 194 g/mol. The number of aliphatic imine (C=N–C) groups is 1. The van der Waals surface area contributed by atoms with E-state index in [4.69, 9.17) is 4.99 Å². The van der Waals surface area contributed by atoms with Crippen molar-refractivity contribution in [3.63, 3.8) is 0 Å². The summed E-state index contributed by atoms with van der Waals surface area (Å²) in [6, 6.07) is 0. The van der Waals surface area contributed by atoms with Gasteiger partial charge in [0.25, 0.3) is 0 Å². The Bertz CT molecular complexity index is 316. The van der Waals surface area contributed by atoms with Crippen LogP contribution >= 0.6 is 0 Å². The minimum absolute atomic E-state index is 0.0567. The van der Waals surface area contributed by atoms with Crippen LogP contribution in [-0.2, 0) is 0 Å². The first-order valence-electron chi connectivity index (χ1n) is 5.89. The van der Waals surface area contributed by atoms with Crippen LogP contribution in [0.15, 0.2) is 28.9 Å². The highest BCUT2D eigenvalue weighted by atomic mass is 14.8. The quantitative estimate of drug-likeness (QED) is 0.582. The van der Waals surface area contributed by atoms with Crippen molar-refractivity contribution in [1.29, 1.82) is 0 Å². The maximum Gasteiger partial charge on any atom is 0.0454 e. The SMILES string of the molecule is C=CC(=N/C(C)=C(\C)C(C)(C)C)C(C)(C)C. The molecule has 0 bridgehead atoms. The summed E-state index contributed by atoms with van der Waals surface area (Å²) in [6.45, 7) is 21.2. The Hall–Kier alpha value is -0.850. The van der Waals surface area contributed by atoms with E-state index in [0.29, 0.717) is 0 Å². The lowest BCUT2D eigenvalue weighted by molar-refractivity contribution is 0.497. The van der Waals surface area contributed by atoms with Gasteiger partial charge in [0.1, 0.15) is 0 Å². The first-order chi connectivity index (χ1) is 7.00. The van der Waals surface area contributed by atoms with Crippen LogP contribution in [0.2, 0.25) is 0 Å². The molecule has 0 heterocycles. The Labute approximate surface area is 101 Å². The van der Waals surface area contributed by atoms with Crippen LogP contribution in [0.1, 0.15) is 55.4 Å². The summed E-state index contributed by atoms with van der Waals surface area (Å²) < 4.78 is 0. The van der Waals surface area contributed by atoms with Crippen molar-refractivity contribution in [2.45, 2.75) is 55.4 Å². The van der Waals surface area contributed by atoms with Crippen LogP contribution < -0.4 is 0 Å². The number of hydrogen-bond acceptors (Lipinski definition) is 1. The molecule has 0 unspecified atom stereocenters. The van der Waals surface area contributed by atoms with E-state index in [2.05, 4.69) is 62.0 Å². The molecule has 0 aliphatic heterocycles. The molecule has 0 aliphatic rings. The molecule has 0 saturated carbocycles. The summed E-state index contributed by atoms with van der Waals surface area (Å²) in [6.07, 6.45) is 1.86. The fraction of sp³-hybridized carbons (Fsp3) is 0.667. The molecule has 0 rings (SSSR count). The van der Waals surface area contributed by atoms with Crippen LogP contribution in [0, 0.1) is 10.8 Å². The van der Waals surface area contributed by atoms with Crippen molar-refractivity contribution in [3.05, 3.63) is 23.9 Å². The summed E-state index contributed by atoms with van der Waals surface area (Å²) in [7, 11) is 0. The van der Waals surface area contributed by atoms with Crippen molar-refractivity contribution in [2.75, 3.05) is 0 Å². The summed E-state index contributed by atoms with van der Waals surface area (Å²) in [5.74, 6) is 0. The van der Waals surface area contributed by atoms with Gasteiger partial charge in [-0.25, -0.2) is 0 Å². The predicted octanol–water partition coefficient (Wildman–Crippen LogP) is 5.00. The Morgan fingerprint density at radius 2 is 1.38 bits per heavy atom. The van der Waals surface area contributed by atoms with E-state index in [-0.39, 0.29) is 10.8 Å². The van der Waals surface area contributed by atoms with Crippen molar-refractivity contribution < 1.29 is 0 Å². The normalized spacial score (nSPS) is 15.9. The van der Waals surface area contributed by atoms with Crippen LogP contribution in [-0.4, -0.2) is 5.71 Å². The molecule has 92 valence electrons. The van der Waals surface area contributed by atoms with Crippen LogP contribution in [0.25, 0.3) is 0 Å². The topological polar surface area (TPSA) is 12.4 Å². The van der Waals surface area contributed by atoms with E-state index < -0.39 is 0 Å². The van der Waals surface area contributed by atoms with E-state index in [0.717, 1.165) is 11.4 Å². The van der Waals surface area contributed by atoms with Gasteiger partial charge in [0, 0.05) is 16.8 Å². The van der Waals surface area contributed by atoms with Crippen molar-refractivity contribution in [1.82, 2.24) is 0 Å². The van der Waals surface area contributed by atoms with Crippen molar-refractivity contribution in [3.8, 4) is 0 Å². The molecule has 0 atom stereocenters. The highest BCUT2D eigenvalue weighted by Gasteiger charge is 2.18. The van der Waals surface area contributed by atoms with Gasteiger partial charge in [-0.15, -0.1) is 0 Å². The van der Waals surface area contributed by atoms with Crippen LogP contribution in [0.5, 0.6) is 0 Å². The summed E-state index contributed by atoms with van der Waals surface area (Å²) in [5.41, 5.74) is 3.72. The van der Waals surface area contributed by atoms with Gasteiger partial charge < -0.3 is 0 Å². The van der Waals surface area contributed by atoms with E-state index >= 15 is 0 Å². The van der Waals surface area contributed by atoms with Gasteiger partial charge in [-0.2, -0.15) is 0 Å². The van der Waals surface area contributed by atoms with Crippen molar-refractivity contribution in [2.24, 2.45) is 15.8 Å². The third kappa shape index (κ3) is 4.34. The minimum atomic E-state index is 0.0567. The number of hydrogen-bond donors (Lipinski definition) is 0. The molecule has 0 spiro atoms. The number of allylic oxidation sites excluding steroid dienone is 3. The zero-order chi connectivity index (χ0) is 13.1. The van der Waals surface area contributed by atoms with Crippen LogP contribution in [0.4, 0.5) is 0 Å². The molecule has 0 fully saturated rings. The second-order valence-corrected chi connectivity index (χ2v) is 6.41. The first kappa shape index (κ1) is 15.2. The lowest BCUT2D eigenvalue weighted by Crippen LogP contribution is -2.18. The zero-order valence-electron chi connectivity index (χ0n) is 12.2. The molecule has 0 aromatic rings. The molecule has 0 aromatic heterocycles. The minimum Gasteiger partial charge on any atom is -0.258 e. The van der Waals surface area contributed by atoms with E-state index in [1.165, 1.54) is 5.57 Å². The van der Waals surface area contributed by atoms with Crippen molar-refractivity contribution >= 4 is 5.71 Å². The Balaban J connectivity index is 5.39. The van der Waals surface area contributed by atoms with Crippen LogP contribution in [0.3, 0.4) is 0 Å². The highest BCUT2D eigenvalue weighted by molar-refractivity contribution is 5.99. The van der Waals surface area contributed by atoms with Gasteiger partial charge in [-0.05, 0) is 30.9 Å². The van der Waals surface area contributed by atoms with Gasteiger partial charge in [-0.3, -0.25) is 4.99 Å². The molecule has 0 N–H and O–H groups in total. The average Bonchev–Trinajstić information content (AvgIpc) is 2.08. The van der Waals surface area contributed by atoms with Gasteiger partial charge >= 0.3 is 0 Å². The Morgan fingerprint density at radius 1 is 0.938 bits per heavy atom. The molecule has 1 nitrogen and oxygen atoms in total. The Morgan fingerprint density at radius 3 is 1.62 bits per heavy atom. The van der Waals surface area contributed by atoms with E-state index in [9.17, 15) is 0 Å². The zero-order valence-corrected chi connectivity index (χ0v) is 12.2. The summed E-state index contributed by atoms with van der Waals surface area (Å²) >= 11 is 0. The van der Waals surface area contributed by atoms with E-state index in [1.54, 1.807) is 0 Å². The lowest BCUT2D eigenvalue weighted by atomic mass is 9.86. The lowest BCUT2D eigenvalue weighted by Gasteiger charge is -2.23. The third-order valence-corrected chi connectivity index (χ3v) is 2.92. The van der Waals surface area contributed by atoms with Gasteiger partial charge in [0.15, 0.2) is 0 Å². The largest absolute Gasteiger partial charge is 0.258 e. The van der Waals surface area contributed by atoms with E-state index in [1.807, 2.05) is 6.08 Å². The molecule has 0 radical (unpaired) electrons. The molecule has 0 amide bonds. The predicted molar refractivity (Wildman–Crippen MR) is 74.9 cm³/mol. The molecular formula is C15H27N. The maximum atomic E-state index is 4.71. The maximum absolute atomic E-state index is 4.71. The molecule has 16 heavy (non-hydrogen) atoms.